The molecule has 21 heavy (non-hydrogen) atoms. The van der Waals surface area contributed by atoms with Crippen LogP contribution in [0.25, 0.3) is 0 Å². The van der Waals surface area contributed by atoms with E-state index in [1.165, 1.54) is 37.7 Å². The number of hydrogen-bond donors (Lipinski definition) is 1. The Hall–Kier alpha value is -1.12. The summed E-state index contributed by atoms with van der Waals surface area (Å²) < 4.78 is 6.19. The van der Waals surface area contributed by atoms with Crippen molar-refractivity contribution in [2.24, 2.45) is 5.92 Å². The Morgan fingerprint density at radius 1 is 1.10 bits per heavy atom. The monoisotopic (exact) mass is 286 g/mol. The molecule has 3 rings (SSSR count). The average Bonchev–Trinajstić information content (AvgIpc) is 2.57. The summed E-state index contributed by atoms with van der Waals surface area (Å²) in [6.07, 6.45) is 12.2. The van der Waals surface area contributed by atoms with Gasteiger partial charge in [-0.1, -0.05) is 61.7 Å². The fourth-order valence-corrected chi connectivity index (χ4v) is 3.63. The second-order valence-corrected chi connectivity index (χ2v) is 6.44. The van der Waals surface area contributed by atoms with Crippen LogP contribution in [0.4, 0.5) is 0 Å². The van der Waals surface area contributed by atoms with Crippen molar-refractivity contribution in [3.05, 3.63) is 48.0 Å². The van der Waals surface area contributed by atoms with Gasteiger partial charge in [-0.25, -0.2) is 0 Å². The van der Waals surface area contributed by atoms with Crippen molar-refractivity contribution in [1.82, 2.24) is 0 Å². The highest BCUT2D eigenvalue weighted by Gasteiger charge is 2.27. The molecule has 2 heteroatoms. The number of aliphatic hydroxyl groups is 1. The van der Waals surface area contributed by atoms with Crippen molar-refractivity contribution in [2.45, 2.75) is 63.3 Å². The first-order valence-electron chi connectivity index (χ1n) is 8.38. The van der Waals surface area contributed by atoms with E-state index in [4.69, 9.17) is 4.74 Å². The van der Waals surface area contributed by atoms with E-state index in [1.807, 2.05) is 6.07 Å². The molecule has 2 nitrogen and oxygen atoms in total. The van der Waals surface area contributed by atoms with Crippen LogP contribution in [0.3, 0.4) is 0 Å². The van der Waals surface area contributed by atoms with Gasteiger partial charge in [0.25, 0.3) is 0 Å². The lowest BCUT2D eigenvalue weighted by Crippen LogP contribution is -2.29. The Bertz CT molecular complexity index is 448. The molecule has 0 saturated heterocycles. The van der Waals surface area contributed by atoms with Crippen molar-refractivity contribution in [3.63, 3.8) is 0 Å². The third-order valence-electron chi connectivity index (χ3n) is 4.88. The van der Waals surface area contributed by atoms with Crippen LogP contribution in [0.2, 0.25) is 0 Å². The topological polar surface area (TPSA) is 29.5 Å². The standard InChI is InChI=1S/C19H26O2/c20-18(15-8-3-1-4-9-15)14-17-12-7-13-19(21-17)16-10-5-2-6-11-16/h2,5-7,10-12,15,17-20H,1,3-4,8-9,13-14H2/t17-,18?,19+/m0/s1. The van der Waals surface area contributed by atoms with E-state index < -0.39 is 0 Å². The predicted molar refractivity (Wildman–Crippen MR) is 85.0 cm³/mol. The molecule has 0 bridgehead atoms. The van der Waals surface area contributed by atoms with E-state index in [1.54, 1.807) is 0 Å². The molecule has 1 aromatic carbocycles. The Labute approximate surface area is 127 Å². The Kier molecular flexibility index (Phi) is 5.10. The van der Waals surface area contributed by atoms with Gasteiger partial charge < -0.3 is 9.84 Å². The largest absolute Gasteiger partial charge is 0.393 e. The molecule has 0 aromatic heterocycles. The zero-order valence-corrected chi connectivity index (χ0v) is 12.7. The van der Waals surface area contributed by atoms with Gasteiger partial charge in [0.15, 0.2) is 0 Å². The van der Waals surface area contributed by atoms with Gasteiger partial charge in [-0.2, -0.15) is 0 Å². The zero-order chi connectivity index (χ0) is 14.5. The summed E-state index contributed by atoms with van der Waals surface area (Å²) in [6, 6.07) is 10.4. The van der Waals surface area contributed by atoms with Crippen LogP contribution in [-0.4, -0.2) is 17.3 Å². The maximum Gasteiger partial charge on any atom is 0.0867 e. The second-order valence-electron chi connectivity index (χ2n) is 6.44. The molecule has 1 fully saturated rings. The molecule has 1 heterocycles. The quantitative estimate of drug-likeness (QED) is 0.831. The highest BCUT2D eigenvalue weighted by atomic mass is 16.5. The minimum atomic E-state index is -0.213. The first kappa shape index (κ1) is 14.8. The van der Waals surface area contributed by atoms with Crippen LogP contribution in [0, 0.1) is 5.92 Å². The van der Waals surface area contributed by atoms with Crippen LogP contribution in [0.15, 0.2) is 42.5 Å². The molecule has 1 saturated carbocycles. The van der Waals surface area contributed by atoms with Gasteiger partial charge in [0.2, 0.25) is 0 Å². The van der Waals surface area contributed by atoms with E-state index in [0.717, 1.165) is 12.8 Å². The van der Waals surface area contributed by atoms with Gasteiger partial charge in [0, 0.05) is 6.42 Å². The maximum absolute atomic E-state index is 10.5. The predicted octanol–water partition coefficient (Wildman–Crippen LogP) is 4.40. The van der Waals surface area contributed by atoms with Gasteiger partial charge in [-0.3, -0.25) is 0 Å². The van der Waals surface area contributed by atoms with Crippen molar-refractivity contribution in [2.75, 3.05) is 0 Å². The number of aliphatic hydroxyl groups excluding tert-OH is 1. The minimum Gasteiger partial charge on any atom is -0.393 e. The van der Waals surface area contributed by atoms with E-state index in [0.29, 0.717) is 5.92 Å². The van der Waals surface area contributed by atoms with Crippen LogP contribution >= 0.6 is 0 Å². The molecular weight excluding hydrogens is 260 g/mol. The Morgan fingerprint density at radius 2 is 1.86 bits per heavy atom. The highest BCUT2D eigenvalue weighted by molar-refractivity contribution is 5.19. The molecule has 3 atom stereocenters. The molecule has 2 aliphatic rings. The second kappa shape index (κ2) is 7.24. The lowest BCUT2D eigenvalue weighted by molar-refractivity contribution is -0.0333. The normalized spacial score (nSPS) is 28.4. The minimum absolute atomic E-state index is 0.0564. The first-order chi connectivity index (χ1) is 10.3. The molecule has 1 unspecified atom stereocenters. The van der Waals surface area contributed by atoms with E-state index in [2.05, 4.69) is 36.4 Å². The highest BCUT2D eigenvalue weighted by Crippen LogP contribution is 2.32. The summed E-state index contributed by atoms with van der Waals surface area (Å²) in [5.74, 6) is 0.479. The van der Waals surface area contributed by atoms with Crippen molar-refractivity contribution >= 4 is 0 Å². The molecule has 1 aliphatic carbocycles. The fourth-order valence-electron chi connectivity index (χ4n) is 3.63. The molecule has 0 spiro atoms. The number of rotatable bonds is 4. The van der Waals surface area contributed by atoms with Crippen LogP contribution in [0.1, 0.15) is 56.6 Å². The lowest BCUT2D eigenvalue weighted by Gasteiger charge is -2.31. The summed E-state index contributed by atoms with van der Waals surface area (Å²) in [7, 11) is 0. The van der Waals surface area contributed by atoms with E-state index in [9.17, 15) is 5.11 Å². The third kappa shape index (κ3) is 3.96. The molecule has 1 aliphatic heterocycles. The molecule has 0 radical (unpaired) electrons. The Balaban J connectivity index is 1.56. The zero-order valence-electron chi connectivity index (χ0n) is 12.7. The van der Waals surface area contributed by atoms with Crippen molar-refractivity contribution < 1.29 is 9.84 Å². The van der Waals surface area contributed by atoms with Crippen LogP contribution < -0.4 is 0 Å². The smallest absolute Gasteiger partial charge is 0.0867 e. The average molecular weight is 286 g/mol. The number of hydrogen-bond acceptors (Lipinski definition) is 2. The van der Waals surface area contributed by atoms with Crippen LogP contribution in [-0.2, 0) is 4.74 Å². The van der Waals surface area contributed by atoms with Gasteiger partial charge in [0.1, 0.15) is 0 Å². The van der Waals surface area contributed by atoms with Gasteiger partial charge in [0.05, 0.1) is 18.3 Å². The number of ether oxygens (including phenoxy) is 1. The molecule has 1 aromatic rings. The fraction of sp³-hybridized carbons (Fsp3) is 0.579. The maximum atomic E-state index is 10.5. The summed E-state index contributed by atoms with van der Waals surface area (Å²) in [6.45, 7) is 0. The summed E-state index contributed by atoms with van der Waals surface area (Å²) in [5, 5.41) is 10.5. The van der Waals surface area contributed by atoms with Gasteiger partial charge in [-0.15, -0.1) is 0 Å². The molecule has 0 amide bonds. The summed E-state index contributed by atoms with van der Waals surface area (Å²) >= 11 is 0. The van der Waals surface area contributed by atoms with Gasteiger partial charge >= 0.3 is 0 Å². The van der Waals surface area contributed by atoms with E-state index in [-0.39, 0.29) is 18.3 Å². The lowest BCUT2D eigenvalue weighted by atomic mass is 9.83. The molecule has 1 N–H and O–H groups in total. The van der Waals surface area contributed by atoms with Crippen molar-refractivity contribution in [1.29, 1.82) is 0 Å². The van der Waals surface area contributed by atoms with Crippen molar-refractivity contribution in [3.8, 4) is 0 Å². The molecule has 114 valence electrons. The summed E-state index contributed by atoms with van der Waals surface area (Å²) in [4.78, 5) is 0. The van der Waals surface area contributed by atoms with Gasteiger partial charge in [-0.05, 0) is 30.7 Å². The SMILES string of the molecule is OC(C[C@@H]1C=CC[C@H](c2ccccc2)O1)C1CCCCC1. The number of benzene rings is 1. The first-order valence-corrected chi connectivity index (χ1v) is 8.38. The molecular formula is C19H26O2. The third-order valence-corrected chi connectivity index (χ3v) is 4.88. The Morgan fingerprint density at radius 3 is 2.62 bits per heavy atom. The van der Waals surface area contributed by atoms with Crippen LogP contribution in [0.5, 0.6) is 0 Å². The summed E-state index contributed by atoms with van der Waals surface area (Å²) in [5.41, 5.74) is 1.24. The van der Waals surface area contributed by atoms with E-state index >= 15 is 0 Å².